The van der Waals surface area contributed by atoms with Gasteiger partial charge in [0, 0.05) is 24.7 Å². The Morgan fingerprint density at radius 1 is 1.22 bits per heavy atom. The lowest BCUT2D eigenvalue weighted by Crippen LogP contribution is -1.93. The Morgan fingerprint density at radius 3 is 3.22 bits per heavy atom. The molecule has 0 bridgehead atoms. The Hall–Kier alpha value is -2.76. The van der Waals surface area contributed by atoms with E-state index in [0.717, 1.165) is 0 Å². The average molecular weight is 236 g/mol. The van der Waals surface area contributed by atoms with Crippen LogP contribution in [0.5, 0.6) is 0 Å². The van der Waals surface area contributed by atoms with E-state index >= 15 is 0 Å². The second-order valence-electron chi connectivity index (χ2n) is 3.76. The molecule has 4 rings (SSSR count). The van der Waals surface area contributed by atoms with Crippen molar-refractivity contribution in [2.24, 2.45) is 0 Å². The van der Waals surface area contributed by atoms with E-state index in [1.54, 1.807) is 24.7 Å². The Kier molecular flexibility index (Phi) is 1.74. The smallest absolute Gasteiger partial charge is 0.245 e. The summed E-state index contributed by atoms with van der Waals surface area (Å²) in [5.41, 5.74) is 3.27. The lowest BCUT2D eigenvalue weighted by molar-refractivity contribution is 0.602. The maximum Gasteiger partial charge on any atom is 0.245 e. The third-order valence-electron chi connectivity index (χ3n) is 2.64. The van der Waals surface area contributed by atoms with Gasteiger partial charge in [0.15, 0.2) is 5.65 Å². The molecular formula is C12H6N5O. The lowest BCUT2D eigenvalue weighted by atomic mass is 10.3. The molecule has 0 amide bonds. The van der Waals surface area contributed by atoms with Gasteiger partial charge in [0.25, 0.3) is 0 Å². The summed E-state index contributed by atoms with van der Waals surface area (Å²) < 4.78 is 6.99. The van der Waals surface area contributed by atoms with E-state index < -0.39 is 0 Å². The van der Waals surface area contributed by atoms with Gasteiger partial charge in [-0.15, -0.1) is 0 Å². The second-order valence-corrected chi connectivity index (χ2v) is 3.76. The summed E-state index contributed by atoms with van der Waals surface area (Å²) in [6.07, 6.45) is 11.4. The van der Waals surface area contributed by atoms with Gasteiger partial charge in [0.05, 0.1) is 12.5 Å². The van der Waals surface area contributed by atoms with E-state index in [0.29, 0.717) is 28.3 Å². The number of imidazole rings is 1. The highest BCUT2D eigenvalue weighted by Crippen LogP contribution is 2.17. The fraction of sp³-hybridized carbons (Fsp3) is 0. The standard InChI is InChI=1S/C12H6N5O/c1-4-18-12-8(1)16-9(5-15-12)10-7-17-3-2-13-11(17)6-14-10/h1-5,7H. The van der Waals surface area contributed by atoms with Crippen molar-refractivity contribution in [3.05, 3.63) is 43.3 Å². The molecular weight excluding hydrogens is 230 g/mol. The summed E-state index contributed by atoms with van der Waals surface area (Å²) in [7, 11) is 0. The first-order valence-electron chi connectivity index (χ1n) is 5.32. The van der Waals surface area contributed by atoms with E-state index in [1.807, 2.05) is 16.8 Å². The monoisotopic (exact) mass is 236 g/mol. The third-order valence-corrected chi connectivity index (χ3v) is 2.64. The van der Waals surface area contributed by atoms with Crippen LogP contribution in [-0.4, -0.2) is 24.3 Å². The summed E-state index contributed by atoms with van der Waals surface area (Å²) in [5.74, 6) is 0. The van der Waals surface area contributed by atoms with E-state index in [1.165, 1.54) is 0 Å². The number of fused-ring (bicyclic) bond motifs is 2. The number of aromatic nitrogens is 5. The minimum absolute atomic E-state index is 0.520. The van der Waals surface area contributed by atoms with Gasteiger partial charge < -0.3 is 8.82 Å². The van der Waals surface area contributed by atoms with Crippen LogP contribution in [0.1, 0.15) is 0 Å². The molecule has 0 aliphatic rings. The Balaban J connectivity index is 1.93. The maximum atomic E-state index is 5.15. The van der Waals surface area contributed by atoms with Gasteiger partial charge in [-0.05, 0) is 0 Å². The Bertz CT molecular complexity index is 776. The number of hydrogen-bond donors (Lipinski definition) is 0. The summed E-state index contributed by atoms with van der Waals surface area (Å²) in [6, 6.07) is 1.77. The van der Waals surface area contributed by atoms with Gasteiger partial charge >= 0.3 is 0 Å². The van der Waals surface area contributed by atoms with Crippen LogP contribution < -0.4 is 0 Å². The first kappa shape index (κ1) is 9.29. The molecule has 4 aromatic heterocycles. The van der Waals surface area contributed by atoms with Crippen LogP contribution in [0.25, 0.3) is 28.3 Å². The number of rotatable bonds is 1. The first-order chi connectivity index (χ1) is 8.90. The van der Waals surface area contributed by atoms with Crippen molar-refractivity contribution >= 4 is 16.9 Å². The van der Waals surface area contributed by atoms with Crippen LogP contribution in [0.3, 0.4) is 0 Å². The minimum atomic E-state index is 0.520. The lowest BCUT2D eigenvalue weighted by Gasteiger charge is -1.99. The molecule has 85 valence electrons. The predicted molar refractivity (Wildman–Crippen MR) is 62.6 cm³/mol. The van der Waals surface area contributed by atoms with Crippen molar-refractivity contribution in [1.29, 1.82) is 0 Å². The molecule has 0 N–H and O–H groups in total. The number of hydrogen-bond acceptors (Lipinski definition) is 5. The second kappa shape index (κ2) is 3.36. The molecule has 0 unspecified atom stereocenters. The Labute approximate surface area is 101 Å². The SMILES string of the molecule is [c]1nc(-c2cnc3occc3n2)cn2ccnc12. The molecule has 0 atom stereocenters. The molecule has 0 aromatic carbocycles. The topological polar surface area (TPSA) is 69.1 Å². The molecule has 1 radical (unpaired) electrons. The molecule has 0 spiro atoms. The quantitative estimate of drug-likeness (QED) is 0.503. The van der Waals surface area contributed by atoms with Crippen molar-refractivity contribution < 1.29 is 4.42 Å². The van der Waals surface area contributed by atoms with E-state index in [4.69, 9.17) is 4.42 Å². The largest absolute Gasteiger partial charge is 0.445 e. The van der Waals surface area contributed by atoms with Gasteiger partial charge in [0.1, 0.15) is 23.1 Å². The number of furan rings is 1. The molecule has 0 saturated carbocycles. The van der Waals surface area contributed by atoms with E-state index in [9.17, 15) is 0 Å². The molecule has 4 heterocycles. The highest BCUT2D eigenvalue weighted by Gasteiger charge is 2.07. The number of nitrogens with zero attached hydrogens (tertiary/aromatic N) is 5. The fourth-order valence-electron chi connectivity index (χ4n) is 1.78. The van der Waals surface area contributed by atoms with Crippen LogP contribution in [-0.2, 0) is 0 Å². The van der Waals surface area contributed by atoms with E-state index in [2.05, 4.69) is 26.1 Å². The van der Waals surface area contributed by atoms with Gasteiger partial charge in [-0.25, -0.2) is 19.9 Å². The summed E-state index contributed by atoms with van der Waals surface area (Å²) in [6.45, 7) is 0. The maximum absolute atomic E-state index is 5.15. The van der Waals surface area contributed by atoms with Crippen molar-refractivity contribution in [1.82, 2.24) is 24.3 Å². The normalized spacial score (nSPS) is 11.3. The zero-order valence-electron chi connectivity index (χ0n) is 9.11. The van der Waals surface area contributed by atoms with Crippen LogP contribution in [0.4, 0.5) is 0 Å². The highest BCUT2D eigenvalue weighted by atomic mass is 16.3. The van der Waals surface area contributed by atoms with Gasteiger partial charge in [-0.3, -0.25) is 0 Å². The fourth-order valence-corrected chi connectivity index (χ4v) is 1.78. The van der Waals surface area contributed by atoms with Crippen molar-refractivity contribution in [2.75, 3.05) is 0 Å². The zero-order chi connectivity index (χ0) is 11.9. The average Bonchev–Trinajstić information content (AvgIpc) is 3.05. The molecule has 6 heteroatoms. The molecule has 4 aromatic rings. The molecule has 0 saturated heterocycles. The molecule has 18 heavy (non-hydrogen) atoms. The Morgan fingerprint density at radius 2 is 2.22 bits per heavy atom. The predicted octanol–water partition coefficient (Wildman–Crippen LogP) is 1.73. The molecule has 0 fully saturated rings. The molecule has 6 nitrogen and oxygen atoms in total. The summed E-state index contributed by atoms with van der Waals surface area (Å²) in [5, 5.41) is 0. The van der Waals surface area contributed by atoms with Crippen LogP contribution in [0.15, 0.2) is 41.5 Å². The summed E-state index contributed by atoms with van der Waals surface area (Å²) in [4.78, 5) is 16.9. The van der Waals surface area contributed by atoms with Crippen LogP contribution >= 0.6 is 0 Å². The first-order valence-corrected chi connectivity index (χ1v) is 5.32. The molecule has 0 aliphatic carbocycles. The van der Waals surface area contributed by atoms with Gasteiger partial charge in [-0.2, -0.15) is 0 Å². The van der Waals surface area contributed by atoms with E-state index in [-0.39, 0.29) is 0 Å². The third kappa shape index (κ3) is 1.29. The minimum Gasteiger partial charge on any atom is -0.445 e. The molecule has 0 aliphatic heterocycles. The summed E-state index contributed by atoms with van der Waals surface area (Å²) >= 11 is 0. The highest BCUT2D eigenvalue weighted by molar-refractivity contribution is 5.71. The van der Waals surface area contributed by atoms with Crippen molar-refractivity contribution in [2.45, 2.75) is 0 Å². The van der Waals surface area contributed by atoms with Gasteiger partial charge in [-0.1, -0.05) is 0 Å². The zero-order valence-corrected chi connectivity index (χ0v) is 9.11. The van der Waals surface area contributed by atoms with Crippen molar-refractivity contribution in [3.8, 4) is 11.4 Å². The van der Waals surface area contributed by atoms with Crippen LogP contribution in [0.2, 0.25) is 0 Å². The van der Waals surface area contributed by atoms with Crippen molar-refractivity contribution in [3.63, 3.8) is 0 Å². The van der Waals surface area contributed by atoms with Crippen LogP contribution in [0, 0.1) is 6.20 Å². The van der Waals surface area contributed by atoms with Gasteiger partial charge in [0.2, 0.25) is 5.71 Å².